The SMILES string of the molecule is COc1ccc(P(Br)c2ccc(OC)cc2OC)c(OC)c1. The molecule has 0 N–H and O–H groups in total. The van der Waals surface area contributed by atoms with E-state index in [4.69, 9.17) is 18.9 Å². The average molecular weight is 385 g/mol. The molecule has 0 aliphatic heterocycles. The Labute approximate surface area is 139 Å². The number of halogens is 1. The van der Waals surface area contributed by atoms with E-state index in [1.807, 2.05) is 36.4 Å². The summed E-state index contributed by atoms with van der Waals surface area (Å²) in [4.78, 5) is 0. The molecule has 4 nitrogen and oxygen atoms in total. The van der Waals surface area contributed by atoms with Crippen molar-refractivity contribution in [2.24, 2.45) is 0 Å². The summed E-state index contributed by atoms with van der Waals surface area (Å²) in [5.74, 6) is 3.08. The highest BCUT2D eigenvalue weighted by molar-refractivity contribution is 9.40. The molecule has 0 spiro atoms. The third-order valence-corrected chi connectivity index (χ3v) is 7.07. The molecule has 2 aromatic rings. The van der Waals surface area contributed by atoms with Crippen LogP contribution >= 0.6 is 22.1 Å². The second-order valence-corrected chi connectivity index (χ2v) is 8.01. The first-order chi connectivity index (χ1) is 10.6. The van der Waals surface area contributed by atoms with E-state index in [1.54, 1.807) is 28.4 Å². The fourth-order valence-corrected chi connectivity index (χ4v) is 5.15. The highest BCUT2D eigenvalue weighted by atomic mass is 79.9. The molecule has 0 bridgehead atoms. The highest BCUT2D eigenvalue weighted by Gasteiger charge is 2.20. The van der Waals surface area contributed by atoms with Gasteiger partial charge in [0.25, 0.3) is 0 Å². The monoisotopic (exact) mass is 384 g/mol. The van der Waals surface area contributed by atoms with E-state index in [1.165, 1.54) is 0 Å². The largest absolute Gasteiger partial charge is 0.497 e. The maximum absolute atomic E-state index is 5.49. The summed E-state index contributed by atoms with van der Waals surface area (Å²) in [5.41, 5.74) is 0. The van der Waals surface area contributed by atoms with Crippen LogP contribution in [0, 0.1) is 0 Å². The Morgan fingerprint density at radius 1 is 0.682 bits per heavy atom. The van der Waals surface area contributed by atoms with E-state index >= 15 is 0 Å². The standard InChI is InChI=1S/C16H18BrO4P/c1-18-11-5-7-15(13(9-11)20-3)22(17)16-8-6-12(19-2)10-14(16)21-4/h5-10H,1-4H3. The molecule has 0 heterocycles. The van der Waals surface area contributed by atoms with Crippen LogP contribution in [0.25, 0.3) is 0 Å². The minimum Gasteiger partial charge on any atom is -0.497 e. The molecular formula is C16H18BrO4P. The molecule has 0 amide bonds. The van der Waals surface area contributed by atoms with Crippen molar-refractivity contribution in [2.75, 3.05) is 28.4 Å². The average Bonchev–Trinajstić information content (AvgIpc) is 2.59. The fourth-order valence-electron chi connectivity index (χ4n) is 2.02. The van der Waals surface area contributed by atoms with Gasteiger partial charge in [-0.1, -0.05) is 0 Å². The summed E-state index contributed by atoms with van der Waals surface area (Å²) in [6.45, 7) is -0.807. The van der Waals surface area contributed by atoms with Crippen molar-refractivity contribution >= 4 is 32.7 Å². The maximum Gasteiger partial charge on any atom is 0.131 e. The minimum atomic E-state index is -0.807. The number of hydrogen-bond acceptors (Lipinski definition) is 4. The Balaban J connectivity index is 2.45. The second-order valence-electron chi connectivity index (χ2n) is 4.36. The van der Waals surface area contributed by atoms with Crippen LogP contribution in [0.1, 0.15) is 0 Å². The van der Waals surface area contributed by atoms with Crippen molar-refractivity contribution < 1.29 is 18.9 Å². The normalized spacial score (nSPS) is 10.5. The number of hydrogen-bond donors (Lipinski definition) is 0. The van der Waals surface area contributed by atoms with E-state index in [0.717, 1.165) is 33.6 Å². The van der Waals surface area contributed by atoms with Crippen LogP contribution in [-0.2, 0) is 0 Å². The first kappa shape index (κ1) is 16.9. The molecule has 0 aliphatic rings. The van der Waals surface area contributed by atoms with Crippen LogP contribution in [0.2, 0.25) is 0 Å². The summed E-state index contributed by atoms with van der Waals surface area (Å²) in [7, 11) is 6.58. The lowest BCUT2D eigenvalue weighted by molar-refractivity contribution is 0.396. The molecule has 0 fully saturated rings. The third-order valence-electron chi connectivity index (χ3n) is 3.20. The summed E-state index contributed by atoms with van der Waals surface area (Å²) >= 11 is 3.79. The van der Waals surface area contributed by atoms with Gasteiger partial charge in [-0.15, -0.1) is 0 Å². The van der Waals surface area contributed by atoms with Crippen molar-refractivity contribution in [3.63, 3.8) is 0 Å². The van der Waals surface area contributed by atoms with Gasteiger partial charge in [-0.05, 0) is 39.8 Å². The zero-order valence-corrected chi connectivity index (χ0v) is 15.4. The molecule has 0 aromatic heterocycles. The fraction of sp³-hybridized carbons (Fsp3) is 0.250. The van der Waals surface area contributed by atoms with Crippen molar-refractivity contribution in [1.29, 1.82) is 0 Å². The van der Waals surface area contributed by atoms with Gasteiger partial charge in [0, 0.05) is 29.4 Å². The van der Waals surface area contributed by atoms with Crippen LogP contribution in [0.5, 0.6) is 23.0 Å². The lowest BCUT2D eigenvalue weighted by atomic mass is 10.3. The summed E-state index contributed by atoms with van der Waals surface area (Å²) < 4.78 is 21.5. The lowest BCUT2D eigenvalue weighted by Gasteiger charge is -2.18. The van der Waals surface area contributed by atoms with Gasteiger partial charge in [0.05, 0.1) is 28.4 Å². The highest BCUT2D eigenvalue weighted by Crippen LogP contribution is 2.47. The molecule has 0 aliphatic carbocycles. The van der Waals surface area contributed by atoms with Crippen LogP contribution in [0.3, 0.4) is 0 Å². The van der Waals surface area contributed by atoms with Gasteiger partial charge in [-0.2, -0.15) is 0 Å². The van der Waals surface area contributed by atoms with Crippen molar-refractivity contribution in [1.82, 2.24) is 0 Å². The van der Waals surface area contributed by atoms with Crippen LogP contribution in [0.15, 0.2) is 36.4 Å². The zero-order valence-electron chi connectivity index (χ0n) is 12.9. The van der Waals surface area contributed by atoms with E-state index < -0.39 is 6.62 Å². The minimum absolute atomic E-state index is 0.762. The van der Waals surface area contributed by atoms with Gasteiger partial charge in [-0.25, -0.2) is 0 Å². The Kier molecular flexibility index (Phi) is 5.92. The molecule has 0 unspecified atom stereocenters. The number of methoxy groups -OCH3 is 4. The number of benzene rings is 2. The molecule has 22 heavy (non-hydrogen) atoms. The van der Waals surface area contributed by atoms with Gasteiger partial charge in [-0.3, -0.25) is 0 Å². The number of rotatable bonds is 6. The molecule has 0 saturated carbocycles. The molecule has 0 saturated heterocycles. The quantitative estimate of drug-likeness (QED) is 0.714. The summed E-state index contributed by atoms with van der Waals surface area (Å²) in [6.07, 6.45) is 0. The molecule has 2 rings (SSSR count). The van der Waals surface area contributed by atoms with E-state index in [2.05, 4.69) is 15.5 Å². The first-order valence-electron chi connectivity index (χ1n) is 6.54. The van der Waals surface area contributed by atoms with Crippen molar-refractivity contribution in [3.8, 4) is 23.0 Å². The molecule has 2 aromatic carbocycles. The van der Waals surface area contributed by atoms with Crippen molar-refractivity contribution in [3.05, 3.63) is 36.4 Å². The van der Waals surface area contributed by atoms with Crippen molar-refractivity contribution in [2.45, 2.75) is 0 Å². The zero-order chi connectivity index (χ0) is 16.1. The van der Waals surface area contributed by atoms with Gasteiger partial charge < -0.3 is 18.9 Å². The van der Waals surface area contributed by atoms with E-state index in [0.29, 0.717) is 0 Å². The Morgan fingerprint density at radius 3 is 1.41 bits per heavy atom. The van der Waals surface area contributed by atoms with Gasteiger partial charge >= 0.3 is 0 Å². The topological polar surface area (TPSA) is 36.9 Å². The smallest absolute Gasteiger partial charge is 0.131 e. The Bertz CT molecular complexity index is 593. The van der Waals surface area contributed by atoms with E-state index in [9.17, 15) is 0 Å². The molecular weight excluding hydrogens is 367 g/mol. The third kappa shape index (κ3) is 3.47. The summed E-state index contributed by atoms with van der Waals surface area (Å²) in [5, 5.41) is 2.11. The number of ether oxygens (including phenoxy) is 4. The van der Waals surface area contributed by atoms with Crippen LogP contribution in [-0.4, -0.2) is 28.4 Å². The van der Waals surface area contributed by atoms with Crippen LogP contribution < -0.4 is 29.6 Å². The Morgan fingerprint density at radius 2 is 1.09 bits per heavy atom. The molecule has 0 radical (unpaired) electrons. The summed E-state index contributed by atoms with van der Waals surface area (Å²) in [6, 6.07) is 11.6. The maximum atomic E-state index is 5.49. The predicted molar refractivity (Wildman–Crippen MR) is 94.2 cm³/mol. The predicted octanol–water partition coefficient (Wildman–Crippen LogP) is 3.46. The molecule has 6 heteroatoms. The van der Waals surface area contributed by atoms with Crippen LogP contribution in [0.4, 0.5) is 0 Å². The van der Waals surface area contributed by atoms with Gasteiger partial charge in [0.2, 0.25) is 0 Å². The van der Waals surface area contributed by atoms with Gasteiger partial charge in [0.1, 0.15) is 23.0 Å². The first-order valence-corrected chi connectivity index (χ1v) is 9.90. The van der Waals surface area contributed by atoms with E-state index in [-0.39, 0.29) is 0 Å². The lowest BCUT2D eigenvalue weighted by Crippen LogP contribution is -2.13. The Hall–Kier alpha value is -1.45. The second kappa shape index (κ2) is 7.70. The molecule has 0 atom stereocenters. The van der Waals surface area contributed by atoms with Gasteiger partial charge in [0.15, 0.2) is 0 Å². The molecule has 118 valence electrons.